The third-order valence-electron chi connectivity index (χ3n) is 10.8. The van der Waals surface area contributed by atoms with E-state index in [0.717, 1.165) is 44.9 Å². The topological polar surface area (TPSA) is 107 Å². The van der Waals surface area contributed by atoms with Crippen molar-refractivity contribution < 1.29 is 33.8 Å². The molecular weight excluding hydrogens is 448 g/mol. The molecule has 4 saturated carbocycles. The molecule has 9 atom stereocenters. The predicted octanol–water partition coefficient (Wildman–Crippen LogP) is 4.80. The summed E-state index contributed by atoms with van der Waals surface area (Å²) in [6.45, 7) is 6.65. The first-order chi connectivity index (χ1) is 16.5. The highest BCUT2D eigenvalue weighted by Gasteiger charge is 2.64. The number of ketones is 1. The highest BCUT2D eigenvalue weighted by molar-refractivity contribution is 5.87. The predicted molar refractivity (Wildman–Crippen MR) is 128 cm³/mol. The standard InChI is InChI=1S/C28H42O7/c1-16(13-26(33)34-4)20-7-8-21-19-6-5-17-14-18(35-25(32)10-9-24(30)31)11-12-27(17,2)22(19)15-23(29)28(20,21)3/h16-22H,5-15H2,1-4H3,(H,30,31)/t16?,17?,18-,19?,20?,21?,22?,27?,28?/m0/s1. The molecule has 0 bridgehead atoms. The Morgan fingerprint density at radius 2 is 1.77 bits per heavy atom. The molecule has 196 valence electrons. The molecule has 4 aliphatic rings. The van der Waals surface area contributed by atoms with Crippen LogP contribution >= 0.6 is 0 Å². The van der Waals surface area contributed by atoms with E-state index in [1.54, 1.807) is 0 Å². The van der Waals surface area contributed by atoms with Crippen molar-refractivity contribution >= 4 is 23.7 Å². The molecule has 0 spiro atoms. The van der Waals surface area contributed by atoms with Gasteiger partial charge in [0.1, 0.15) is 11.9 Å². The Bertz CT molecular complexity index is 867. The van der Waals surface area contributed by atoms with Gasteiger partial charge in [0.2, 0.25) is 0 Å². The summed E-state index contributed by atoms with van der Waals surface area (Å²) in [5.74, 6) is 0.837. The van der Waals surface area contributed by atoms with Gasteiger partial charge in [-0.2, -0.15) is 0 Å². The summed E-state index contributed by atoms with van der Waals surface area (Å²) in [5, 5.41) is 8.81. The zero-order chi connectivity index (χ0) is 25.5. The van der Waals surface area contributed by atoms with Gasteiger partial charge in [0.15, 0.2) is 0 Å². The number of carboxylic acids is 1. The number of Topliss-reactive ketones (excluding diaryl/α,β-unsaturated/α-hetero) is 1. The summed E-state index contributed by atoms with van der Waals surface area (Å²) in [5.41, 5.74) is -0.283. The van der Waals surface area contributed by atoms with Crippen molar-refractivity contribution in [1.82, 2.24) is 0 Å². The van der Waals surface area contributed by atoms with Crippen LogP contribution in [0.1, 0.15) is 91.4 Å². The number of esters is 2. The van der Waals surface area contributed by atoms with E-state index in [1.807, 2.05) is 0 Å². The summed E-state index contributed by atoms with van der Waals surface area (Å²) in [4.78, 5) is 48.6. The molecule has 0 amide bonds. The Kier molecular flexibility index (Phi) is 7.36. The first-order valence-electron chi connectivity index (χ1n) is 13.5. The normalized spacial score (nSPS) is 41.2. The Morgan fingerprint density at radius 1 is 1.03 bits per heavy atom. The van der Waals surface area contributed by atoms with Crippen molar-refractivity contribution in [2.75, 3.05) is 7.11 Å². The molecule has 35 heavy (non-hydrogen) atoms. The van der Waals surface area contributed by atoms with Gasteiger partial charge >= 0.3 is 17.9 Å². The Balaban J connectivity index is 1.45. The van der Waals surface area contributed by atoms with Gasteiger partial charge in [-0.3, -0.25) is 19.2 Å². The van der Waals surface area contributed by atoms with Crippen LogP contribution in [0.15, 0.2) is 0 Å². The lowest BCUT2D eigenvalue weighted by molar-refractivity contribution is -0.169. The van der Waals surface area contributed by atoms with E-state index < -0.39 is 11.9 Å². The SMILES string of the molecule is COC(=O)CC(C)C1CCC2C3CCC4C[C@@H](OC(=O)CCC(=O)O)CCC4(C)C3CC(=O)C12C. The van der Waals surface area contributed by atoms with Crippen molar-refractivity contribution in [1.29, 1.82) is 0 Å². The van der Waals surface area contributed by atoms with Gasteiger partial charge in [0.25, 0.3) is 0 Å². The van der Waals surface area contributed by atoms with Gasteiger partial charge in [-0.05, 0) is 85.9 Å². The largest absolute Gasteiger partial charge is 0.481 e. The van der Waals surface area contributed by atoms with Crippen molar-refractivity contribution in [2.45, 2.75) is 97.5 Å². The number of hydrogen-bond donors (Lipinski definition) is 1. The molecular formula is C28H42O7. The zero-order valence-electron chi connectivity index (χ0n) is 21.7. The van der Waals surface area contributed by atoms with Crippen LogP contribution in [0.5, 0.6) is 0 Å². The first kappa shape index (κ1) is 26.2. The minimum Gasteiger partial charge on any atom is -0.481 e. The van der Waals surface area contributed by atoms with Gasteiger partial charge in [-0.25, -0.2) is 0 Å². The molecule has 0 radical (unpaired) electrons. The smallest absolute Gasteiger partial charge is 0.306 e. The molecule has 4 fully saturated rings. The molecule has 4 rings (SSSR count). The van der Waals surface area contributed by atoms with E-state index in [1.165, 1.54) is 7.11 Å². The van der Waals surface area contributed by atoms with Gasteiger partial charge in [0, 0.05) is 18.3 Å². The monoisotopic (exact) mass is 490 g/mol. The first-order valence-corrected chi connectivity index (χ1v) is 13.5. The van der Waals surface area contributed by atoms with Gasteiger partial charge in [0.05, 0.1) is 20.0 Å². The molecule has 8 unspecified atom stereocenters. The van der Waals surface area contributed by atoms with Crippen molar-refractivity contribution in [3.8, 4) is 0 Å². The number of rotatable bonds is 7. The van der Waals surface area contributed by atoms with Crippen LogP contribution in [0.3, 0.4) is 0 Å². The lowest BCUT2D eigenvalue weighted by Gasteiger charge is -2.60. The second kappa shape index (κ2) is 9.85. The number of carbonyl (C=O) groups is 4. The fraction of sp³-hybridized carbons (Fsp3) is 0.857. The third kappa shape index (κ3) is 4.64. The second-order valence-corrected chi connectivity index (χ2v) is 12.3. The molecule has 7 heteroatoms. The van der Waals surface area contributed by atoms with E-state index in [-0.39, 0.29) is 47.6 Å². The average molecular weight is 491 g/mol. The van der Waals surface area contributed by atoms with Gasteiger partial charge in [-0.15, -0.1) is 0 Å². The molecule has 0 aliphatic heterocycles. The number of methoxy groups -OCH3 is 1. The summed E-state index contributed by atoms with van der Waals surface area (Å²) >= 11 is 0. The van der Waals surface area contributed by atoms with E-state index >= 15 is 0 Å². The average Bonchev–Trinajstić information content (AvgIpc) is 3.17. The lowest BCUT2D eigenvalue weighted by atomic mass is 9.44. The lowest BCUT2D eigenvalue weighted by Crippen LogP contribution is -2.57. The van der Waals surface area contributed by atoms with Crippen molar-refractivity contribution in [2.24, 2.45) is 46.3 Å². The highest BCUT2D eigenvalue weighted by atomic mass is 16.5. The minimum atomic E-state index is -0.987. The third-order valence-corrected chi connectivity index (χ3v) is 10.8. The number of hydrogen-bond acceptors (Lipinski definition) is 6. The molecule has 4 aliphatic carbocycles. The van der Waals surface area contributed by atoms with Gasteiger partial charge in [-0.1, -0.05) is 20.8 Å². The van der Waals surface area contributed by atoms with Crippen molar-refractivity contribution in [3.63, 3.8) is 0 Å². The van der Waals surface area contributed by atoms with Gasteiger partial charge < -0.3 is 14.6 Å². The minimum absolute atomic E-state index is 0.0690. The number of carboxylic acid groups (broad SMARTS) is 1. The van der Waals surface area contributed by atoms with E-state index in [9.17, 15) is 19.2 Å². The fourth-order valence-electron chi connectivity index (χ4n) is 8.92. The Morgan fingerprint density at radius 3 is 2.46 bits per heavy atom. The fourth-order valence-corrected chi connectivity index (χ4v) is 8.92. The molecule has 7 nitrogen and oxygen atoms in total. The Labute approximate surface area is 208 Å². The van der Waals surface area contributed by atoms with Crippen LogP contribution in [0, 0.1) is 46.3 Å². The number of carbonyl (C=O) groups excluding carboxylic acids is 3. The summed E-state index contributed by atoms with van der Waals surface area (Å²) < 4.78 is 10.6. The quantitative estimate of drug-likeness (QED) is 0.511. The summed E-state index contributed by atoms with van der Waals surface area (Å²) in [7, 11) is 1.43. The van der Waals surface area contributed by atoms with Crippen LogP contribution < -0.4 is 0 Å². The van der Waals surface area contributed by atoms with E-state index in [0.29, 0.717) is 42.3 Å². The summed E-state index contributed by atoms with van der Waals surface area (Å²) in [6.07, 6.45) is 7.36. The molecule has 0 saturated heterocycles. The van der Waals surface area contributed by atoms with Crippen LogP contribution in [0.2, 0.25) is 0 Å². The molecule has 0 aromatic carbocycles. The van der Waals surface area contributed by atoms with Crippen LogP contribution in [0.4, 0.5) is 0 Å². The highest BCUT2D eigenvalue weighted by Crippen LogP contribution is 2.67. The maximum atomic E-state index is 13.8. The number of fused-ring (bicyclic) bond motifs is 5. The number of ether oxygens (including phenoxy) is 2. The van der Waals surface area contributed by atoms with Crippen molar-refractivity contribution in [3.05, 3.63) is 0 Å². The van der Waals surface area contributed by atoms with Crippen LogP contribution in [-0.4, -0.2) is 42.0 Å². The van der Waals surface area contributed by atoms with Crippen LogP contribution in [-0.2, 0) is 28.7 Å². The molecule has 0 aromatic rings. The summed E-state index contributed by atoms with van der Waals surface area (Å²) in [6, 6.07) is 0. The van der Waals surface area contributed by atoms with Crippen LogP contribution in [0.25, 0.3) is 0 Å². The maximum Gasteiger partial charge on any atom is 0.306 e. The molecule has 0 aromatic heterocycles. The second-order valence-electron chi connectivity index (χ2n) is 12.3. The van der Waals surface area contributed by atoms with E-state index in [2.05, 4.69) is 20.8 Å². The van der Waals surface area contributed by atoms with E-state index in [4.69, 9.17) is 14.6 Å². The number of aliphatic carboxylic acids is 1. The Hall–Kier alpha value is -1.92. The molecule has 0 heterocycles. The maximum absolute atomic E-state index is 13.8. The molecule has 1 N–H and O–H groups in total. The zero-order valence-corrected chi connectivity index (χ0v) is 21.7.